The first-order valence-corrected chi connectivity index (χ1v) is 5.86. The Morgan fingerprint density at radius 1 is 1.59 bits per heavy atom. The van der Waals surface area contributed by atoms with Crippen LogP contribution >= 0.6 is 11.6 Å². The van der Waals surface area contributed by atoms with Gasteiger partial charge in [0.05, 0.1) is 5.88 Å². The summed E-state index contributed by atoms with van der Waals surface area (Å²) in [6.07, 6.45) is 1.72. The summed E-state index contributed by atoms with van der Waals surface area (Å²) in [5.41, 5.74) is 1.62. The predicted octanol–water partition coefficient (Wildman–Crippen LogP) is 1.31. The first-order valence-electron chi connectivity index (χ1n) is 5.33. The number of nitrogens with zero attached hydrogens (tertiary/aromatic N) is 3. The van der Waals surface area contributed by atoms with Gasteiger partial charge in [-0.05, 0) is 12.1 Å². The molecule has 6 heteroatoms. The summed E-state index contributed by atoms with van der Waals surface area (Å²) < 4.78 is 1.93. The molecule has 1 N–H and O–H groups in total. The molecule has 2 heterocycles. The Bertz CT molecular complexity index is 537. The van der Waals surface area contributed by atoms with Crippen LogP contribution in [0.2, 0.25) is 0 Å². The molecule has 2 rings (SSSR count). The summed E-state index contributed by atoms with van der Waals surface area (Å²) in [7, 11) is 0. The van der Waals surface area contributed by atoms with E-state index >= 15 is 0 Å². The van der Waals surface area contributed by atoms with Crippen LogP contribution in [-0.2, 0) is 17.2 Å². The molecule has 0 aliphatic rings. The lowest BCUT2D eigenvalue weighted by Crippen LogP contribution is -2.25. The van der Waals surface area contributed by atoms with E-state index in [9.17, 15) is 4.79 Å². The molecule has 5 nitrogen and oxygen atoms in total. The molecule has 0 saturated carbocycles. The summed E-state index contributed by atoms with van der Waals surface area (Å²) in [5.74, 6) is 1.05. The summed E-state index contributed by atoms with van der Waals surface area (Å²) in [5, 5.41) is 2.74. The van der Waals surface area contributed by atoms with E-state index in [-0.39, 0.29) is 5.91 Å². The Morgan fingerprint density at radius 3 is 3.12 bits per heavy atom. The van der Waals surface area contributed by atoms with E-state index in [0.29, 0.717) is 19.0 Å². The number of alkyl halides is 1. The zero-order valence-corrected chi connectivity index (χ0v) is 10.2. The van der Waals surface area contributed by atoms with Gasteiger partial charge >= 0.3 is 0 Å². The standard InChI is InChI=1S/C11H13ClN4O/c1-8(17)13-5-6-16-10(7-12)15-9-3-2-4-14-11(9)16/h2-4H,5-7H2,1H3,(H,13,17). The lowest BCUT2D eigenvalue weighted by atomic mass is 10.4. The molecule has 0 aliphatic heterocycles. The summed E-state index contributed by atoms with van der Waals surface area (Å²) in [6.45, 7) is 2.66. The van der Waals surface area contributed by atoms with Crippen LogP contribution in [0, 0.1) is 0 Å². The topological polar surface area (TPSA) is 59.8 Å². The highest BCUT2D eigenvalue weighted by molar-refractivity contribution is 6.16. The summed E-state index contributed by atoms with van der Waals surface area (Å²) >= 11 is 5.85. The molecule has 1 amide bonds. The Hall–Kier alpha value is -1.62. The fraction of sp³-hybridized carbons (Fsp3) is 0.364. The molecular weight excluding hydrogens is 240 g/mol. The van der Waals surface area contributed by atoms with Crippen LogP contribution in [-0.4, -0.2) is 27.0 Å². The molecule has 90 valence electrons. The number of hydrogen-bond acceptors (Lipinski definition) is 3. The molecule has 0 radical (unpaired) electrons. The number of rotatable bonds is 4. The largest absolute Gasteiger partial charge is 0.355 e. The maximum atomic E-state index is 10.8. The highest BCUT2D eigenvalue weighted by atomic mass is 35.5. The lowest BCUT2D eigenvalue weighted by molar-refractivity contribution is -0.118. The molecule has 0 unspecified atom stereocenters. The van der Waals surface area contributed by atoms with Crippen molar-refractivity contribution in [2.45, 2.75) is 19.3 Å². The van der Waals surface area contributed by atoms with Gasteiger partial charge in [-0.2, -0.15) is 0 Å². The number of fused-ring (bicyclic) bond motifs is 1. The lowest BCUT2D eigenvalue weighted by Gasteiger charge is -2.07. The molecule has 0 atom stereocenters. The first-order chi connectivity index (χ1) is 8.22. The number of carbonyl (C=O) groups is 1. The van der Waals surface area contributed by atoms with Crippen molar-refractivity contribution >= 4 is 28.7 Å². The van der Waals surface area contributed by atoms with Gasteiger partial charge < -0.3 is 9.88 Å². The average molecular weight is 253 g/mol. The molecule has 0 fully saturated rings. The second-order valence-corrected chi connectivity index (χ2v) is 3.91. The van der Waals surface area contributed by atoms with Crippen molar-refractivity contribution in [3.8, 4) is 0 Å². The monoisotopic (exact) mass is 252 g/mol. The highest BCUT2D eigenvalue weighted by Crippen LogP contribution is 2.14. The number of pyridine rings is 1. The van der Waals surface area contributed by atoms with Gasteiger partial charge in [0, 0.05) is 26.2 Å². The number of nitrogens with one attached hydrogen (secondary N) is 1. The van der Waals surface area contributed by atoms with Gasteiger partial charge in [0.1, 0.15) is 11.3 Å². The molecule has 0 saturated heterocycles. The molecule has 2 aromatic heterocycles. The second kappa shape index (κ2) is 5.14. The first kappa shape index (κ1) is 11.9. The summed E-state index contributed by atoms with van der Waals surface area (Å²) in [6, 6.07) is 3.73. The minimum Gasteiger partial charge on any atom is -0.355 e. The van der Waals surface area contributed by atoms with E-state index < -0.39 is 0 Å². The smallest absolute Gasteiger partial charge is 0.216 e. The molecule has 0 aromatic carbocycles. The second-order valence-electron chi connectivity index (χ2n) is 3.64. The Morgan fingerprint density at radius 2 is 2.41 bits per heavy atom. The van der Waals surface area contributed by atoms with Gasteiger partial charge in [0.25, 0.3) is 0 Å². The maximum absolute atomic E-state index is 10.8. The van der Waals surface area contributed by atoms with Crippen molar-refractivity contribution in [2.24, 2.45) is 0 Å². The molecule has 2 aromatic rings. The number of hydrogen-bond donors (Lipinski definition) is 1. The quantitative estimate of drug-likeness (QED) is 0.835. The highest BCUT2D eigenvalue weighted by Gasteiger charge is 2.09. The van der Waals surface area contributed by atoms with Gasteiger partial charge in [-0.1, -0.05) is 0 Å². The minimum absolute atomic E-state index is 0.0465. The van der Waals surface area contributed by atoms with Crippen molar-refractivity contribution < 1.29 is 4.79 Å². The molecule has 17 heavy (non-hydrogen) atoms. The number of imidazole rings is 1. The Balaban J connectivity index is 2.27. The minimum atomic E-state index is -0.0465. The fourth-order valence-corrected chi connectivity index (χ4v) is 1.89. The normalized spacial score (nSPS) is 10.7. The zero-order chi connectivity index (χ0) is 12.3. The number of amides is 1. The third kappa shape index (κ3) is 2.55. The van der Waals surface area contributed by atoms with Crippen molar-refractivity contribution in [1.29, 1.82) is 0 Å². The Labute approximate surface area is 104 Å². The van der Waals surface area contributed by atoms with Crippen LogP contribution < -0.4 is 5.32 Å². The van der Waals surface area contributed by atoms with Gasteiger partial charge in [0.15, 0.2) is 5.65 Å². The van der Waals surface area contributed by atoms with Gasteiger partial charge in [0.2, 0.25) is 5.91 Å². The fourth-order valence-electron chi connectivity index (χ4n) is 1.69. The average Bonchev–Trinajstić information content (AvgIpc) is 2.67. The van der Waals surface area contributed by atoms with E-state index in [1.807, 2.05) is 16.7 Å². The van der Waals surface area contributed by atoms with E-state index in [1.165, 1.54) is 6.92 Å². The van der Waals surface area contributed by atoms with Crippen molar-refractivity contribution in [2.75, 3.05) is 6.54 Å². The maximum Gasteiger partial charge on any atom is 0.216 e. The van der Waals surface area contributed by atoms with Crippen LogP contribution in [0.3, 0.4) is 0 Å². The Kier molecular flexibility index (Phi) is 3.58. The van der Waals surface area contributed by atoms with E-state index in [4.69, 9.17) is 11.6 Å². The predicted molar refractivity (Wildman–Crippen MR) is 65.8 cm³/mol. The number of halogens is 1. The SMILES string of the molecule is CC(=O)NCCn1c(CCl)nc2cccnc21. The van der Waals surface area contributed by atoms with Crippen molar-refractivity contribution in [3.63, 3.8) is 0 Å². The van der Waals surface area contributed by atoms with Crippen LogP contribution in [0.1, 0.15) is 12.7 Å². The molecular formula is C11H13ClN4O. The van der Waals surface area contributed by atoms with Crippen molar-refractivity contribution in [1.82, 2.24) is 19.9 Å². The van der Waals surface area contributed by atoms with E-state index in [1.54, 1.807) is 6.20 Å². The van der Waals surface area contributed by atoms with Gasteiger partial charge in [-0.3, -0.25) is 4.79 Å². The number of carbonyl (C=O) groups excluding carboxylic acids is 1. The third-order valence-electron chi connectivity index (χ3n) is 2.41. The third-order valence-corrected chi connectivity index (χ3v) is 2.65. The van der Waals surface area contributed by atoms with Crippen LogP contribution in [0.4, 0.5) is 0 Å². The van der Waals surface area contributed by atoms with E-state index in [2.05, 4.69) is 15.3 Å². The molecule has 0 spiro atoms. The van der Waals surface area contributed by atoms with Gasteiger partial charge in [-0.15, -0.1) is 11.6 Å². The number of aromatic nitrogens is 3. The van der Waals surface area contributed by atoms with E-state index in [0.717, 1.165) is 17.0 Å². The van der Waals surface area contributed by atoms with Crippen LogP contribution in [0.15, 0.2) is 18.3 Å². The van der Waals surface area contributed by atoms with Crippen LogP contribution in [0.5, 0.6) is 0 Å². The summed E-state index contributed by atoms with van der Waals surface area (Å²) in [4.78, 5) is 19.5. The molecule has 0 aliphatic carbocycles. The molecule has 0 bridgehead atoms. The van der Waals surface area contributed by atoms with Crippen molar-refractivity contribution in [3.05, 3.63) is 24.2 Å². The van der Waals surface area contributed by atoms with Crippen LogP contribution in [0.25, 0.3) is 11.2 Å². The zero-order valence-electron chi connectivity index (χ0n) is 9.48. The van der Waals surface area contributed by atoms with Gasteiger partial charge in [-0.25, -0.2) is 9.97 Å².